The number of nitrogens with zero attached hydrogens (tertiary/aromatic N) is 2. The number of carbonyl (C=O) groups excluding carboxylic acids is 1. The Kier molecular flexibility index (Phi) is 3.51. The fourth-order valence-corrected chi connectivity index (χ4v) is 3.08. The number of halogens is 1. The van der Waals surface area contributed by atoms with Crippen molar-refractivity contribution in [2.24, 2.45) is 0 Å². The number of hydrogen-bond acceptors (Lipinski definition) is 2. The van der Waals surface area contributed by atoms with Gasteiger partial charge in [-0.3, -0.25) is 9.78 Å². The van der Waals surface area contributed by atoms with E-state index >= 15 is 0 Å². The fourth-order valence-electron chi connectivity index (χ4n) is 2.46. The number of hydrogen-bond donors (Lipinski definition) is 0. The standard InChI is InChI=1S/C15H15BrN2O/c16-13-8-15(19)18(10-13)6-5-11-7-12-3-1-2-4-14(12)17-9-11/h1-4,7,9,13H,5-6,8,10H2. The third-order valence-corrected chi connectivity index (χ3v) is 4.10. The number of pyridine rings is 1. The van der Waals surface area contributed by atoms with Crippen LogP contribution in [0.1, 0.15) is 12.0 Å². The number of benzene rings is 1. The third kappa shape index (κ3) is 2.78. The van der Waals surface area contributed by atoms with Crippen molar-refractivity contribution >= 4 is 32.7 Å². The molecule has 0 N–H and O–H groups in total. The lowest BCUT2D eigenvalue weighted by molar-refractivity contribution is -0.127. The van der Waals surface area contributed by atoms with Crippen molar-refractivity contribution in [1.82, 2.24) is 9.88 Å². The molecule has 1 aliphatic heterocycles. The monoisotopic (exact) mass is 318 g/mol. The average Bonchev–Trinajstić information content (AvgIpc) is 2.74. The number of fused-ring (bicyclic) bond motifs is 1. The van der Waals surface area contributed by atoms with Gasteiger partial charge < -0.3 is 4.90 Å². The average molecular weight is 319 g/mol. The van der Waals surface area contributed by atoms with Crippen molar-refractivity contribution in [2.75, 3.05) is 13.1 Å². The fraction of sp³-hybridized carbons (Fsp3) is 0.333. The van der Waals surface area contributed by atoms with Crippen molar-refractivity contribution in [1.29, 1.82) is 0 Å². The van der Waals surface area contributed by atoms with Gasteiger partial charge in [-0.1, -0.05) is 34.1 Å². The molecule has 1 atom stereocenters. The maximum absolute atomic E-state index is 11.7. The van der Waals surface area contributed by atoms with Gasteiger partial charge in [-0.25, -0.2) is 0 Å². The normalized spacial score (nSPS) is 19.3. The van der Waals surface area contributed by atoms with Crippen molar-refractivity contribution in [3.8, 4) is 0 Å². The second-order valence-electron chi connectivity index (χ2n) is 4.93. The van der Waals surface area contributed by atoms with Crippen LogP contribution in [0.4, 0.5) is 0 Å². The van der Waals surface area contributed by atoms with Gasteiger partial charge in [0.15, 0.2) is 0 Å². The van der Waals surface area contributed by atoms with E-state index in [4.69, 9.17) is 0 Å². The molecule has 0 saturated carbocycles. The highest BCUT2D eigenvalue weighted by Crippen LogP contribution is 2.19. The summed E-state index contributed by atoms with van der Waals surface area (Å²) in [7, 11) is 0. The Bertz CT molecular complexity index is 614. The second kappa shape index (κ2) is 5.29. The maximum atomic E-state index is 11.7. The molecule has 0 radical (unpaired) electrons. The van der Waals surface area contributed by atoms with Crippen LogP contribution in [0.5, 0.6) is 0 Å². The molecule has 0 spiro atoms. The number of aromatic nitrogens is 1. The lowest BCUT2D eigenvalue weighted by Crippen LogP contribution is -2.27. The van der Waals surface area contributed by atoms with Crippen LogP contribution in [0.2, 0.25) is 0 Å². The van der Waals surface area contributed by atoms with Crippen LogP contribution in [0.3, 0.4) is 0 Å². The minimum absolute atomic E-state index is 0.246. The molecule has 1 amide bonds. The highest BCUT2D eigenvalue weighted by Gasteiger charge is 2.26. The smallest absolute Gasteiger partial charge is 0.223 e. The minimum Gasteiger partial charge on any atom is -0.341 e. The Morgan fingerprint density at radius 3 is 3.00 bits per heavy atom. The molecule has 0 bridgehead atoms. The molecule has 2 aromatic rings. The molecule has 1 aromatic carbocycles. The molecular weight excluding hydrogens is 304 g/mol. The van der Waals surface area contributed by atoms with E-state index in [1.807, 2.05) is 29.3 Å². The molecule has 0 aliphatic carbocycles. The zero-order chi connectivity index (χ0) is 13.2. The van der Waals surface area contributed by atoms with Gasteiger partial charge in [0.05, 0.1) is 5.52 Å². The molecule has 19 heavy (non-hydrogen) atoms. The van der Waals surface area contributed by atoms with Crippen LogP contribution in [0.15, 0.2) is 36.5 Å². The predicted molar refractivity (Wildman–Crippen MR) is 79.4 cm³/mol. The van der Waals surface area contributed by atoms with Gasteiger partial charge in [0, 0.05) is 35.9 Å². The summed E-state index contributed by atoms with van der Waals surface area (Å²) in [6, 6.07) is 10.3. The molecule has 1 fully saturated rings. The van der Waals surface area contributed by atoms with Crippen molar-refractivity contribution in [3.05, 3.63) is 42.1 Å². The van der Waals surface area contributed by atoms with Crippen LogP contribution >= 0.6 is 15.9 Å². The summed E-state index contributed by atoms with van der Waals surface area (Å²) in [5, 5.41) is 1.16. The first-order chi connectivity index (χ1) is 9.22. The van der Waals surface area contributed by atoms with E-state index in [0.717, 1.165) is 30.4 Å². The maximum Gasteiger partial charge on any atom is 0.223 e. The largest absolute Gasteiger partial charge is 0.341 e. The molecule has 4 heteroatoms. The van der Waals surface area contributed by atoms with Crippen molar-refractivity contribution in [2.45, 2.75) is 17.7 Å². The van der Waals surface area contributed by atoms with Gasteiger partial charge in [-0.05, 0) is 24.1 Å². The van der Waals surface area contributed by atoms with Crippen LogP contribution in [-0.4, -0.2) is 33.7 Å². The number of alkyl halides is 1. The minimum atomic E-state index is 0.246. The first-order valence-corrected chi connectivity index (χ1v) is 7.39. The first kappa shape index (κ1) is 12.6. The number of likely N-dealkylation sites (tertiary alicyclic amines) is 1. The summed E-state index contributed by atoms with van der Waals surface area (Å²) in [4.78, 5) is 18.4. The highest BCUT2D eigenvalue weighted by atomic mass is 79.9. The molecule has 1 aromatic heterocycles. The van der Waals surface area contributed by atoms with E-state index in [2.05, 4.69) is 33.0 Å². The second-order valence-corrected chi connectivity index (χ2v) is 6.22. The van der Waals surface area contributed by atoms with Crippen molar-refractivity contribution < 1.29 is 4.79 Å². The van der Waals surface area contributed by atoms with E-state index in [-0.39, 0.29) is 5.91 Å². The Balaban J connectivity index is 1.70. The molecule has 3 rings (SSSR count). The van der Waals surface area contributed by atoms with Gasteiger partial charge in [0.25, 0.3) is 0 Å². The van der Waals surface area contributed by atoms with Gasteiger partial charge in [-0.2, -0.15) is 0 Å². The van der Waals surface area contributed by atoms with E-state index in [9.17, 15) is 4.79 Å². The summed E-state index contributed by atoms with van der Waals surface area (Å²) >= 11 is 3.50. The van der Waals surface area contributed by atoms with Gasteiger partial charge in [0.1, 0.15) is 0 Å². The Labute approximate surface area is 120 Å². The predicted octanol–water partition coefficient (Wildman–Crippen LogP) is 2.77. The Morgan fingerprint density at radius 2 is 2.21 bits per heavy atom. The third-order valence-electron chi connectivity index (χ3n) is 3.48. The number of amides is 1. The number of rotatable bonds is 3. The lowest BCUT2D eigenvalue weighted by Gasteiger charge is -2.15. The summed E-state index contributed by atoms with van der Waals surface area (Å²) < 4.78 is 0. The van der Waals surface area contributed by atoms with Crippen LogP contribution in [0.25, 0.3) is 10.9 Å². The number of carbonyl (C=O) groups is 1. The van der Waals surface area contributed by atoms with E-state index in [0.29, 0.717) is 11.2 Å². The van der Waals surface area contributed by atoms with Crippen LogP contribution < -0.4 is 0 Å². The molecule has 98 valence electrons. The summed E-state index contributed by atoms with van der Waals surface area (Å²) in [6.07, 6.45) is 3.40. The Morgan fingerprint density at radius 1 is 1.37 bits per heavy atom. The zero-order valence-electron chi connectivity index (χ0n) is 10.6. The van der Waals surface area contributed by atoms with Gasteiger partial charge in [-0.15, -0.1) is 0 Å². The van der Waals surface area contributed by atoms with E-state index in [1.165, 1.54) is 5.56 Å². The van der Waals surface area contributed by atoms with Crippen LogP contribution in [-0.2, 0) is 11.2 Å². The number of para-hydroxylation sites is 1. The highest BCUT2D eigenvalue weighted by molar-refractivity contribution is 9.09. The summed E-state index contributed by atoms with van der Waals surface area (Å²) in [5.74, 6) is 0.246. The Hall–Kier alpha value is -1.42. The molecular formula is C15H15BrN2O. The van der Waals surface area contributed by atoms with E-state index < -0.39 is 0 Å². The molecule has 1 aliphatic rings. The quantitative estimate of drug-likeness (QED) is 0.815. The first-order valence-electron chi connectivity index (χ1n) is 6.48. The topological polar surface area (TPSA) is 33.2 Å². The lowest BCUT2D eigenvalue weighted by atomic mass is 10.1. The van der Waals surface area contributed by atoms with Crippen molar-refractivity contribution in [3.63, 3.8) is 0 Å². The van der Waals surface area contributed by atoms with E-state index in [1.54, 1.807) is 0 Å². The summed E-state index contributed by atoms with van der Waals surface area (Å²) in [6.45, 7) is 1.60. The molecule has 1 saturated heterocycles. The zero-order valence-corrected chi connectivity index (χ0v) is 12.1. The van der Waals surface area contributed by atoms with Gasteiger partial charge in [0.2, 0.25) is 5.91 Å². The summed E-state index contributed by atoms with van der Waals surface area (Å²) in [5.41, 5.74) is 2.20. The van der Waals surface area contributed by atoms with Gasteiger partial charge >= 0.3 is 0 Å². The molecule has 1 unspecified atom stereocenters. The molecule has 3 nitrogen and oxygen atoms in total. The van der Waals surface area contributed by atoms with Crippen LogP contribution in [0, 0.1) is 0 Å². The molecule has 2 heterocycles. The SMILES string of the molecule is O=C1CC(Br)CN1CCc1cnc2ccccc2c1.